The van der Waals surface area contributed by atoms with Gasteiger partial charge in [0.2, 0.25) is 5.88 Å². The summed E-state index contributed by atoms with van der Waals surface area (Å²) in [7, 11) is 0. The first-order valence-electron chi connectivity index (χ1n) is 8.48. The Kier molecular flexibility index (Phi) is 6.27. The van der Waals surface area contributed by atoms with Gasteiger partial charge in [0.1, 0.15) is 11.6 Å². The highest BCUT2D eigenvalue weighted by molar-refractivity contribution is 5.48. The van der Waals surface area contributed by atoms with E-state index in [4.69, 9.17) is 4.74 Å². The van der Waals surface area contributed by atoms with Gasteiger partial charge in [-0.2, -0.15) is 4.98 Å². The molecule has 1 heterocycles. The lowest BCUT2D eigenvalue weighted by atomic mass is 9.90. The van der Waals surface area contributed by atoms with E-state index in [2.05, 4.69) is 29.1 Å². The molecule has 21 heavy (non-hydrogen) atoms. The smallest absolute Gasteiger partial charge is 0.221 e. The van der Waals surface area contributed by atoms with E-state index in [0.29, 0.717) is 5.92 Å². The molecular formula is C17H29N3O. The monoisotopic (exact) mass is 291 g/mol. The summed E-state index contributed by atoms with van der Waals surface area (Å²) in [6.07, 6.45) is 8.59. The van der Waals surface area contributed by atoms with Crippen LogP contribution in [0.1, 0.15) is 63.8 Å². The third-order valence-electron chi connectivity index (χ3n) is 4.19. The normalized spacial score (nSPS) is 16.0. The minimum atomic E-state index is 0.699. The van der Waals surface area contributed by atoms with Crippen molar-refractivity contribution in [3.05, 3.63) is 11.4 Å². The summed E-state index contributed by atoms with van der Waals surface area (Å²) in [5.74, 6) is 3.26. The quantitative estimate of drug-likeness (QED) is 0.820. The van der Waals surface area contributed by atoms with Crippen molar-refractivity contribution in [2.75, 3.05) is 18.5 Å². The van der Waals surface area contributed by atoms with Crippen molar-refractivity contribution in [3.8, 4) is 5.88 Å². The molecule has 1 aliphatic rings. The summed E-state index contributed by atoms with van der Waals surface area (Å²) in [6.45, 7) is 8.02. The van der Waals surface area contributed by atoms with E-state index in [9.17, 15) is 0 Å². The van der Waals surface area contributed by atoms with Crippen LogP contribution in [0.15, 0.2) is 0 Å². The average molecular weight is 291 g/mol. The topological polar surface area (TPSA) is 47.0 Å². The molecule has 0 spiro atoms. The SMILES string of the molecule is CCCNc1nc(CC)nc(OCC2CCCCC2)c1C. The van der Waals surface area contributed by atoms with Crippen LogP contribution in [0.25, 0.3) is 0 Å². The van der Waals surface area contributed by atoms with Crippen LogP contribution in [-0.4, -0.2) is 23.1 Å². The summed E-state index contributed by atoms with van der Waals surface area (Å²) in [5, 5.41) is 3.38. The fourth-order valence-corrected chi connectivity index (χ4v) is 2.81. The van der Waals surface area contributed by atoms with E-state index < -0.39 is 0 Å². The Balaban J connectivity index is 2.05. The van der Waals surface area contributed by atoms with Crippen molar-refractivity contribution >= 4 is 5.82 Å². The fraction of sp³-hybridized carbons (Fsp3) is 0.765. The summed E-state index contributed by atoms with van der Waals surface area (Å²) in [4.78, 5) is 9.15. The Bertz CT molecular complexity index is 442. The summed E-state index contributed by atoms with van der Waals surface area (Å²) >= 11 is 0. The number of aromatic nitrogens is 2. The van der Waals surface area contributed by atoms with Gasteiger partial charge in [0.15, 0.2) is 0 Å². The Labute approximate surface area is 128 Å². The van der Waals surface area contributed by atoms with Gasteiger partial charge in [-0.1, -0.05) is 33.1 Å². The lowest BCUT2D eigenvalue weighted by Crippen LogP contribution is -2.17. The highest BCUT2D eigenvalue weighted by Crippen LogP contribution is 2.27. The standard InChI is InChI=1S/C17H29N3O/c1-4-11-18-16-13(3)17(20-15(5-2)19-16)21-12-14-9-7-6-8-10-14/h14H,4-12H2,1-3H3,(H,18,19,20). The molecule has 1 saturated carbocycles. The van der Waals surface area contributed by atoms with Gasteiger partial charge in [0, 0.05) is 13.0 Å². The molecule has 0 radical (unpaired) electrons. The molecule has 0 saturated heterocycles. The van der Waals surface area contributed by atoms with Crippen molar-refractivity contribution in [1.29, 1.82) is 0 Å². The largest absolute Gasteiger partial charge is 0.477 e. The maximum Gasteiger partial charge on any atom is 0.221 e. The zero-order valence-corrected chi connectivity index (χ0v) is 13.7. The molecule has 0 unspecified atom stereocenters. The lowest BCUT2D eigenvalue weighted by molar-refractivity contribution is 0.201. The predicted octanol–water partition coefficient (Wildman–Crippen LogP) is 4.13. The molecule has 0 aliphatic heterocycles. The van der Waals surface area contributed by atoms with Gasteiger partial charge in [0.05, 0.1) is 12.2 Å². The maximum absolute atomic E-state index is 6.05. The molecule has 2 rings (SSSR count). The Morgan fingerprint density at radius 1 is 1.14 bits per heavy atom. The second-order valence-corrected chi connectivity index (χ2v) is 6.01. The van der Waals surface area contributed by atoms with Gasteiger partial charge in [-0.25, -0.2) is 4.98 Å². The molecule has 1 aliphatic carbocycles. The first-order valence-corrected chi connectivity index (χ1v) is 8.48. The van der Waals surface area contributed by atoms with Gasteiger partial charge >= 0.3 is 0 Å². The van der Waals surface area contributed by atoms with Crippen LogP contribution in [0.2, 0.25) is 0 Å². The van der Waals surface area contributed by atoms with E-state index in [1.165, 1.54) is 32.1 Å². The number of ether oxygens (including phenoxy) is 1. The number of nitrogens with zero attached hydrogens (tertiary/aromatic N) is 2. The molecule has 118 valence electrons. The van der Waals surface area contributed by atoms with Crippen LogP contribution in [0.3, 0.4) is 0 Å². The third kappa shape index (κ3) is 4.58. The van der Waals surface area contributed by atoms with Crippen molar-refractivity contribution in [3.63, 3.8) is 0 Å². The molecule has 1 N–H and O–H groups in total. The molecule has 0 aromatic carbocycles. The fourth-order valence-electron chi connectivity index (χ4n) is 2.81. The van der Waals surface area contributed by atoms with E-state index in [-0.39, 0.29) is 0 Å². The van der Waals surface area contributed by atoms with Gasteiger partial charge in [-0.05, 0) is 32.1 Å². The van der Waals surface area contributed by atoms with E-state index in [0.717, 1.165) is 49.1 Å². The van der Waals surface area contributed by atoms with Gasteiger partial charge in [-0.3, -0.25) is 0 Å². The Morgan fingerprint density at radius 2 is 1.90 bits per heavy atom. The summed E-state index contributed by atoms with van der Waals surface area (Å²) in [6, 6.07) is 0. The lowest BCUT2D eigenvalue weighted by Gasteiger charge is -2.22. The number of aryl methyl sites for hydroxylation is 1. The molecular weight excluding hydrogens is 262 g/mol. The Hall–Kier alpha value is -1.32. The van der Waals surface area contributed by atoms with E-state index in [1.807, 2.05) is 6.92 Å². The highest BCUT2D eigenvalue weighted by atomic mass is 16.5. The number of hydrogen-bond acceptors (Lipinski definition) is 4. The van der Waals surface area contributed by atoms with Crippen LogP contribution in [-0.2, 0) is 6.42 Å². The first-order chi connectivity index (χ1) is 10.2. The minimum Gasteiger partial charge on any atom is -0.477 e. The molecule has 1 fully saturated rings. The molecule has 4 nitrogen and oxygen atoms in total. The van der Waals surface area contributed by atoms with Crippen LogP contribution >= 0.6 is 0 Å². The average Bonchev–Trinajstić information content (AvgIpc) is 2.53. The van der Waals surface area contributed by atoms with Crippen LogP contribution in [0.5, 0.6) is 5.88 Å². The van der Waals surface area contributed by atoms with Gasteiger partial charge in [-0.15, -0.1) is 0 Å². The molecule has 4 heteroatoms. The van der Waals surface area contributed by atoms with Crippen molar-refractivity contribution in [2.45, 2.75) is 65.7 Å². The zero-order valence-electron chi connectivity index (χ0n) is 13.7. The molecule has 0 amide bonds. The van der Waals surface area contributed by atoms with E-state index >= 15 is 0 Å². The summed E-state index contributed by atoms with van der Waals surface area (Å²) < 4.78 is 6.05. The van der Waals surface area contributed by atoms with Crippen molar-refractivity contribution in [1.82, 2.24) is 9.97 Å². The van der Waals surface area contributed by atoms with Gasteiger partial charge < -0.3 is 10.1 Å². The number of anilines is 1. The minimum absolute atomic E-state index is 0.699. The third-order valence-corrected chi connectivity index (χ3v) is 4.19. The van der Waals surface area contributed by atoms with Crippen LogP contribution in [0, 0.1) is 12.8 Å². The molecule has 1 aromatic rings. The Morgan fingerprint density at radius 3 is 2.57 bits per heavy atom. The molecule has 0 atom stereocenters. The van der Waals surface area contributed by atoms with E-state index in [1.54, 1.807) is 0 Å². The maximum atomic E-state index is 6.05. The zero-order chi connectivity index (χ0) is 15.1. The van der Waals surface area contributed by atoms with Crippen molar-refractivity contribution < 1.29 is 4.74 Å². The van der Waals surface area contributed by atoms with Gasteiger partial charge in [0.25, 0.3) is 0 Å². The predicted molar refractivity (Wildman–Crippen MR) is 87.0 cm³/mol. The second-order valence-electron chi connectivity index (χ2n) is 6.01. The van der Waals surface area contributed by atoms with Crippen LogP contribution < -0.4 is 10.1 Å². The molecule has 1 aromatic heterocycles. The van der Waals surface area contributed by atoms with Crippen molar-refractivity contribution in [2.24, 2.45) is 5.92 Å². The highest BCUT2D eigenvalue weighted by Gasteiger charge is 2.16. The number of rotatable bonds is 7. The van der Waals surface area contributed by atoms with Crippen LogP contribution in [0.4, 0.5) is 5.82 Å². The number of nitrogens with one attached hydrogen (secondary N) is 1. The number of hydrogen-bond donors (Lipinski definition) is 1. The first kappa shape index (κ1) is 16.1. The second kappa shape index (κ2) is 8.20. The summed E-state index contributed by atoms with van der Waals surface area (Å²) in [5.41, 5.74) is 1.04. The molecule has 0 bridgehead atoms.